The van der Waals surface area contributed by atoms with E-state index in [9.17, 15) is 14.4 Å². The molecule has 3 heterocycles. The van der Waals surface area contributed by atoms with Crippen LogP contribution in [0.25, 0.3) is 0 Å². The second-order valence-electron chi connectivity index (χ2n) is 7.73. The standard InChI is InChI=1S/C19H27N5O3/c1-14-8-22-16(9-20-14)11-24-13-19(6-4-17(24)26)5-3-7-23(12-19)18(27)10-21-15(2)25/h8-9H,3-7,10-13H2,1-2H3,(H,21,25). The van der Waals surface area contributed by atoms with Crippen LogP contribution in [0.2, 0.25) is 0 Å². The lowest BCUT2D eigenvalue weighted by atomic mass is 9.73. The second-order valence-corrected chi connectivity index (χ2v) is 7.73. The first-order chi connectivity index (χ1) is 12.9. The molecule has 0 radical (unpaired) electrons. The molecule has 3 amide bonds. The maximum Gasteiger partial charge on any atom is 0.241 e. The Kier molecular flexibility index (Phi) is 5.72. The van der Waals surface area contributed by atoms with Gasteiger partial charge in [-0.25, -0.2) is 0 Å². The average molecular weight is 373 g/mol. The summed E-state index contributed by atoms with van der Waals surface area (Å²) in [6, 6.07) is 0. The lowest BCUT2D eigenvalue weighted by Crippen LogP contribution is -2.55. The molecule has 8 heteroatoms. The van der Waals surface area contributed by atoms with Crippen molar-refractivity contribution in [3.8, 4) is 0 Å². The van der Waals surface area contributed by atoms with Crippen molar-refractivity contribution in [1.82, 2.24) is 25.1 Å². The summed E-state index contributed by atoms with van der Waals surface area (Å²) < 4.78 is 0. The number of carbonyl (C=O) groups excluding carboxylic acids is 3. The lowest BCUT2D eigenvalue weighted by Gasteiger charge is -2.48. The van der Waals surface area contributed by atoms with Crippen molar-refractivity contribution in [2.24, 2.45) is 5.41 Å². The number of carbonyl (C=O) groups is 3. The fourth-order valence-corrected chi connectivity index (χ4v) is 4.01. The predicted molar refractivity (Wildman–Crippen MR) is 98.4 cm³/mol. The number of amides is 3. The highest BCUT2D eigenvalue weighted by Crippen LogP contribution is 2.39. The van der Waals surface area contributed by atoms with Gasteiger partial charge in [-0.2, -0.15) is 0 Å². The van der Waals surface area contributed by atoms with Crippen LogP contribution in [0.5, 0.6) is 0 Å². The molecule has 1 aromatic rings. The Morgan fingerprint density at radius 2 is 2.04 bits per heavy atom. The molecule has 1 aromatic heterocycles. The molecule has 0 bridgehead atoms. The van der Waals surface area contributed by atoms with Crippen molar-refractivity contribution in [2.75, 3.05) is 26.2 Å². The molecule has 146 valence electrons. The van der Waals surface area contributed by atoms with E-state index in [1.54, 1.807) is 12.4 Å². The SMILES string of the molecule is CC(=O)NCC(=O)N1CCCC2(CCC(=O)N(Cc3cnc(C)cn3)C2)C1. The maximum atomic E-state index is 12.4. The summed E-state index contributed by atoms with van der Waals surface area (Å²) in [5.41, 5.74) is 1.55. The fourth-order valence-electron chi connectivity index (χ4n) is 4.01. The molecule has 27 heavy (non-hydrogen) atoms. The predicted octanol–water partition coefficient (Wildman–Crippen LogP) is 0.652. The molecule has 0 saturated carbocycles. The van der Waals surface area contributed by atoms with E-state index in [1.165, 1.54) is 6.92 Å². The minimum Gasteiger partial charge on any atom is -0.347 e. The quantitative estimate of drug-likeness (QED) is 0.836. The molecule has 2 aliphatic heterocycles. The van der Waals surface area contributed by atoms with Crippen molar-refractivity contribution < 1.29 is 14.4 Å². The highest BCUT2D eigenvalue weighted by molar-refractivity contribution is 5.84. The number of rotatable bonds is 4. The van der Waals surface area contributed by atoms with Crippen LogP contribution in [-0.2, 0) is 20.9 Å². The summed E-state index contributed by atoms with van der Waals surface area (Å²) in [4.78, 5) is 48.2. The smallest absolute Gasteiger partial charge is 0.241 e. The third kappa shape index (κ3) is 4.81. The molecule has 0 aliphatic carbocycles. The van der Waals surface area contributed by atoms with Gasteiger partial charge in [0, 0.05) is 44.6 Å². The van der Waals surface area contributed by atoms with E-state index in [1.807, 2.05) is 16.7 Å². The number of nitrogens with zero attached hydrogens (tertiary/aromatic N) is 4. The van der Waals surface area contributed by atoms with Gasteiger partial charge in [-0.05, 0) is 26.2 Å². The van der Waals surface area contributed by atoms with Crippen LogP contribution < -0.4 is 5.32 Å². The van der Waals surface area contributed by atoms with Crippen LogP contribution in [0.1, 0.15) is 44.0 Å². The van der Waals surface area contributed by atoms with E-state index < -0.39 is 0 Å². The summed E-state index contributed by atoms with van der Waals surface area (Å²) in [5.74, 6) is -0.134. The zero-order valence-corrected chi connectivity index (χ0v) is 16.0. The van der Waals surface area contributed by atoms with E-state index in [0.717, 1.165) is 30.7 Å². The van der Waals surface area contributed by atoms with Crippen molar-refractivity contribution in [3.05, 3.63) is 23.8 Å². The second kappa shape index (κ2) is 8.02. The van der Waals surface area contributed by atoms with Gasteiger partial charge in [-0.15, -0.1) is 0 Å². The number of piperidine rings is 2. The van der Waals surface area contributed by atoms with Crippen LogP contribution in [0, 0.1) is 12.3 Å². The van der Waals surface area contributed by atoms with Crippen molar-refractivity contribution in [2.45, 2.75) is 46.1 Å². The molecule has 1 spiro atoms. The molecule has 1 N–H and O–H groups in total. The Balaban J connectivity index is 1.65. The Labute approximate surface area is 159 Å². The van der Waals surface area contributed by atoms with Gasteiger partial charge in [0.1, 0.15) is 0 Å². The van der Waals surface area contributed by atoms with E-state index in [4.69, 9.17) is 0 Å². The van der Waals surface area contributed by atoms with E-state index >= 15 is 0 Å². The van der Waals surface area contributed by atoms with E-state index in [0.29, 0.717) is 32.6 Å². The normalized spacial score (nSPS) is 22.8. The summed E-state index contributed by atoms with van der Waals surface area (Å²) in [5, 5.41) is 2.58. The van der Waals surface area contributed by atoms with Crippen LogP contribution in [0.15, 0.2) is 12.4 Å². The summed E-state index contributed by atoms with van der Waals surface area (Å²) in [6.07, 6.45) is 6.63. The van der Waals surface area contributed by atoms with Gasteiger partial charge in [-0.1, -0.05) is 0 Å². The van der Waals surface area contributed by atoms with Crippen molar-refractivity contribution in [3.63, 3.8) is 0 Å². The van der Waals surface area contributed by atoms with Crippen molar-refractivity contribution >= 4 is 17.7 Å². The molecule has 1 atom stereocenters. The highest BCUT2D eigenvalue weighted by Gasteiger charge is 2.42. The van der Waals surface area contributed by atoms with Gasteiger partial charge in [0.15, 0.2) is 0 Å². The van der Waals surface area contributed by atoms with Gasteiger partial charge in [0.05, 0.1) is 30.7 Å². The Morgan fingerprint density at radius 1 is 1.22 bits per heavy atom. The molecule has 2 saturated heterocycles. The maximum absolute atomic E-state index is 12.4. The number of aryl methyl sites for hydroxylation is 1. The monoisotopic (exact) mass is 373 g/mol. The van der Waals surface area contributed by atoms with Gasteiger partial charge in [0.2, 0.25) is 17.7 Å². The highest BCUT2D eigenvalue weighted by atomic mass is 16.2. The molecular formula is C19H27N5O3. The molecule has 0 aromatic carbocycles. The van der Waals surface area contributed by atoms with Crippen LogP contribution in [-0.4, -0.2) is 63.7 Å². The van der Waals surface area contributed by atoms with Gasteiger partial charge >= 0.3 is 0 Å². The molecule has 3 rings (SSSR count). The molecule has 1 unspecified atom stereocenters. The zero-order chi connectivity index (χ0) is 19.4. The van der Waals surface area contributed by atoms with Gasteiger partial charge < -0.3 is 15.1 Å². The number of hydrogen-bond donors (Lipinski definition) is 1. The molecule has 8 nitrogen and oxygen atoms in total. The average Bonchev–Trinajstić information content (AvgIpc) is 2.65. The lowest BCUT2D eigenvalue weighted by molar-refractivity contribution is -0.144. The summed E-state index contributed by atoms with van der Waals surface area (Å²) in [7, 11) is 0. The first kappa shape index (κ1) is 19.3. The zero-order valence-electron chi connectivity index (χ0n) is 16.0. The molecule has 2 fully saturated rings. The number of aromatic nitrogens is 2. The van der Waals surface area contributed by atoms with Crippen LogP contribution in [0.3, 0.4) is 0 Å². The number of nitrogens with one attached hydrogen (secondary N) is 1. The third-order valence-corrected chi connectivity index (χ3v) is 5.44. The minimum atomic E-state index is -0.205. The first-order valence-electron chi connectivity index (χ1n) is 9.44. The van der Waals surface area contributed by atoms with E-state index in [-0.39, 0.29) is 29.7 Å². The Bertz CT molecular complexity index is 721. The summed E-state index contributed by atoms with van der Waals surface area (Å²) >= 11 is 0. The van der Waals surface area contributed by atoms with Crippen molar-refractivity contribution in [1.29, 1.82) is 0 Å². The molecule has 2 aliphatic rings. The van der Waals surface area contributed by atoms with Gasteiger partial charge in [-0.3, -0.25) is 24.4 Å². The van der Waals surface area contributed by atoms with E-state index in [2.05, 4.69) is 15.3 Å². The number of hydrogen-bond acceptors (Lipinski definition) is 5. The minimum absolute atomic E-state index is 0.0347. The number of likely N-dealkylation sites (tertiary alicyclic amines) is 2. The third-order valence-electron chi connectivity index (χ3n) is 5.44. The van der Waals surface area contributed by atoms with Gasteiger partial charge in [0.25, 0.3) is 0 Å². The Morgan fingerprint density at radius 3 is 2.74 bits per heavy atom. The first-order valence-corrected chi connectivity index (χ1v) is 9.44. The summed E-state index contributed by atoms with van der Waals surface area (Å²) in [6.45, 7) is 5.74. The largest absolute Gasteiger partial charge is 0.347 e. The fraction of sp³-hybridized carbons (Fsp3) is 0.632. The topological polar surface area (TPSA) is 95.5 Å². The van der Waals surface area contributed by atoms with Crippen LogP contribution >= 0.6 is 0 Å². The molecular weight excluding hydrogens is 346 g/mol. The Hall–Kier alpha value is -2.51. The van der Waals surface area contributed by atoms with Crippen LogP contribution in [0.4, 0.5) is 0 Å².